The average Bonchev–Trinajstić information content (AvgIpc) is 2.90. The lowest BCUT2D eigenvalue weighted by atomic mass is 10.1. The molecule has 1 aromatic carbocycles. The molecule has 1 amide bonds. The smallest absolute Gasteiger partial charge is 0.307 e. The van der Waals surface area contributed by atoms with E-state index in [1.54, 1.807) is 24.3 Å². The van der Waals surface area contributed by atoms with Crippen LogP contribution >= 0.6 is 0 Å². The molecule has 1 aliphatic carbocycles. The molecule has 0 radical (unpaired) electrons. The van der Waals surface area contributed by atoms with Gasteiger partial charge in [0.25, 0.3) is 5.91 Å². The Morgan fingerprint density at radius 2 is 1.85 bits per heavy atom. The van der Waals surface area contributed by atoms with Gasteiger partial charge in [-0.1, -0.05) is 25.0 Å². The quantitative estimate of drug-likeness (QED) is 0.830. The standard InChI is InChI=1S/C15H19NO4/c17-14(16-12-3-1-2-4-12)10-20-13-7-5-11(6-8-13)9-15(18)19/h5-8,12H,1-4,9-10H2,(H,16,17)(H,18,19). The molecular formula is C15H19NO4. The van der Waals surface area contributed by atoms with Gasteiger partial charge in [-0.05, 0) is 30.5 Å². The van der Waals surface area contributed by atoms with E-state index >= 15 is 0 Å². The predicted octanol–water partition coefficient (Wildman–Crippen LogP) is 1.75. The molecule has 0 spiro atoms. The number of carboxylic acids is 1. The number of carboxylic acid groups (broad SMARTS) is 1. The van der Waals surface area contributed by atoms with Crippen molar-refractivity contribution in [2.45, 2.75) is 38.1 Å². The number of benzene rings is 1. The summed E-state index contributed by atoms with van der Waals surface area (Å²) in [6, 6.07) is 7.04. The molecule has 0 unspecified atom stereocenters. The van der Waals surface area contributed by atoms with E-state index in [2.05, 4.69) is 5.32 Å². The minimum Gasteiger partial charge on any atom is -0.484 e. The van der Waals surface area contributed by atoms with Crippen molar-refractivity contribution in [1.29, 1.82) is 0 Å². The molecular weight excluding hydrogens is 258 g/mol. The van der Waals surface area contributed by atoms with Gasteiger partial charge in [0.2, 0.25) is 0 Å². The van der Waals surface area contributed by atoms with Gasteiger partial charge < -0.3 is 15.2 Å². The number of hydrogen-bond donors (Lipinski definition) is 2. The molecule has 0 saturated heterocycles. The first-order chi connectivity index (χ1) is 9.63. The van der Waals surface area contributed by atoms with E-state index in [9.17, 15) is 9.59 Å². The van der Waals surface area contributed by atoms with Crippen LogP contribution in [0.4, 0.5) is 0 Å². The van der Waals surface area contributed by atoms with Gasteiger partial charge in [0.05, 0.1) is 6.42 Å². The van der Waals surface area contributed by atoms with Crippen LogP contribution in [-0.4, -0.2) is 29.6 Å². The highest BCUT2D eigenvalue weighted by molar-refractivity contribution is 5.77. The molecule has 0 atom stereocenters. The third-order valence-electron chi connectivity index (χ3n) is 3.37. The van der Waals surface area contributed by atoms with Gasteiger partial charge in [0.15, 0.2) is 6.61 Å². The molecule has 0 bridgehead atoms. The maximum atomic E-state index is 11.7. The van der Waals surface area contributed by atoms with Crippen LogP contribution < -0.4 is 10.1 Å². The van der Waals surface area contributed by atoms with E-state index in [0.29, 0.717) is 17.4 Å². The number of ether oxygens (including phenoxy) is 1. The van der Waals surface area contributed by atoms with E-state index in [0.717, 1.165) is 12.8 Å². The van der Waals surface area contributed by atoms with Crippen LogP contribution in [-0.2, 0) is 16.0 Å². The van der Waals surface area contributed by atoms with Gasteiger partial charge in [-0.2, -0.15) is 0 Å². The Kier molecular flexibility index (Phi) is 4.98. The van der Waals surface area contributed by atoms with Crippen LogP contribution in [0.15, 0.2) is 24.3 Å². The largest absolute Gasteiger partial charge is 0.484 e. The van der Waals surface area contributed by atoms with Gasteiger partial charge in [-0.3, -0.25) is 9.59 Å². The molecule has 1 aliphatic rings. The number of nitrogens with one attached hydrogen (secondary N) is 1. The second-order valence-electron chi connectivity index (χ2n) is 5.05. The highest BCUT2D eigenvalue weighted by Gasteiger charge is 2.17. The molecule has 0 heterocycles. The molecule has 2 rings (SSSR count). The predicted molar refractivity (Wildman–Crippen MR) is 73.7 cm³/mol. The lowest BCUT2D eigenvalue weighted by Gasteiger charge is -2.12. The molecule has 1 fully saturated rings. The minimum absolute atomic E-state index is 0.00518. The molecule has 1 aromatic rings. The summed E-state index contributed by atoms with van der Waals surface area (Å²) < 4.78 is 5.38. The minimum atomic E-state index is -0.866. The number of carbonyl (C=O) groups is 2. The maximum absolute atomic E-state index is 11.7. The lowest BCUT2D eigenvalue weighted by Crippen LogP contribution is -2.36. The van der Waals surface area contributed by atoms with Crippen molar-refractivity contribution in [2.24, 2.45) is 0 Å². The highest BCUT2D eigenvalue weighted by atomic mass is 16.5. The van der Waals surface area contributed by atoms with Crippen molar-refractivity contribution in [2.75, 3.05) is 6.61 Å². The summed E-state index contributed by atoms with van der Waals surface area (Å²) in [6.45, 7) is -0.00518. The zero-order valence-corrected chi connectivity index (χ0v) is 11.3. The third-order valence-corrected chi connectivity index (χ3v) is 3.37. The summed E-state index contributed by atoms with van der Waals surface area (Å²) >= 11 is 0. The number of amides is 1. The summed E-state index contributed by atoms with van der Waals surface area (Å²) in [6.07, 6.45) is 4.45. The highest BCUT2D eigenvalue weighted by Crippen LogP contribution is 2.17. The Balaban J connectivity index is 1.75. The van der Waals surface area contributed by atoms with E-state index < -0.39 is 5.97 Å². The summed E-state index contributed by atoms with van der Waals surface area (Å²) in [5.41, 5.74) is 0.709. The van der Waals surface area contributed by atoms with E-state index in [1.165, 1.54) is 12.8 Å². The Morgan fingerprint density at radius 1 is 1.20 bits per heavy atom. The van der Waals surface area contributed by atoms with Crippen molar-refractivity contribution < 1.29 is 19.4 Å². The summed E-state index contributed by atoms with van der Waals surface area (Å²) in [5.74, 6) is -0.401. The van der Waals surface area contributed by atoms with Crippen LogP contribution in [0.5, 0.6) is 5.75 Å². The number of aliphatic carboxylic acids is 1. The fourth-order valence-electron chi connectivity index (χ4n) is 2.37. The van der Waals surface area contributed by atoms with Gasteiger partial charge in [-0.15, -0.1) is 0 Å². The van der Waals surface area contributed by atoms with Crippen LogP contribution in [0.1, 0.15) is 31.2 Å². The van der Waals surface area contributed by atoms with Gasteiger partial charge >= 0.3 is 5.97 Å². The molecule has 0 aliphatic heterocycles. The zero-order chi connectivity index (χ0) is 14.4. The molecule has 5 nitrogen and oxygen atoms in total. The lowest BCUT2D eigenvalue weighted by molar-refractivity contribution is -0.136. The van der Waals surface area contributed by atoms with Gasteiger partial charge in [0, 0.05) is 6.04 Å². The normalized spacial score (nSPS) is 15.0. The first-order valence-electron chi connectivity index (χ1n) is 6.86. The Hall–Kier alpha value is -2.04. The number of hydrogen-bond acceptors (Lipinski definition) is 3. The molecule has 5 heteroatoms. The van der Waals surface area contributed by atoms with E-state index in [4.69, 9.17) is 9.84 Å². The molecule has 1 saturated carbocycles. The maximum Gasteiger partial charge on any atom is 0.307 e. The van der Waals surface area contributed by atoms with Crippen molar-refractivity contribution in [3.05, 3.63) is 29.8 Å². The second kappa shape index (κ2) is 6.93. The van der Waals surface area contributed by atoms with E-state index in [1.807, 2.05) is 0 Å². The van der Waals surface area contributed by atoms with E-state index in [-0.39, 0.29) is 18.9 Å². The summed E-state index contributed by atoms with van der Waals surface area (Å²) in [7, 11) is 0. The summed E-state index contributed by atoms with van der Waals surface area (Å²) in [5, 5.41) is 11.6. The van der Waals surface area contributed by atoms with Crippen molar-refractivity contribution in [3.63, 3.8) is 0 Å². The first-order valence-corrected chi connectivity index (χ1v) is 6.86. The monoisotopic (exact) mass is 277 g/mol. The van der Waals surface area contributed by atoms with Crippen LogP contribution in [0.2, 0.25) is 0 Å². The van der Waals surface area contributed by atoms with Gasteiger partial charge in [0.1, 0.15) is 5.75 Å². The summed E-state index contributed by atoms with van der Waals surface area (Å²) in [4.78, 5) is 22.2. The Bertz CT molecular complexity index is 463. The SMILES string of the molecule is O=C(O)Cc1ccc(OCC(=O)NC2CCCC2)cc1. The van der Waals surface area contributed by atoms with Gasteiger partial charge in [-0.25, -0.2) is 0 Å². The van der Waals surface area contributed by atoms with Crippen molar-refractivity contribution >= 4 is 11.9 Å². The fourth-order valence-corrected chi connectivity index (χ4v) is 2.37. The third kappa shape index (κ3) is 4.57. The van der Waals surface area contributed by atoms with Crippen molar-refractivity contribution in [1.82, 2.24) is 5.32 Å². The fraction of sp³-hybridized carbons (Fsp3) is 0.467. The molecule has 20 heavy (non-hydrogen) atoms. The molecule has 0 aromatic heterocycles. The topological polar surface area (TPSA) is 75.6 Å². The number of rotatable bonds is 6. The van der Waals surface area contributed by atoms with Crippen LogP contribution in [0.3, 0.4) is 0 Å². The Labute approximate surface area is 117 Å². The van der Waals surface area contributed by atoms with Crippen LogP contribution in [0.25, 0.3) is 0 Å². The number of carbonyl (C=O) groups excluding carboxylic acids is 1. The van der Waals surface area contributed by atoms with Crippen molar-refractivity contribution in [3.8, 4) is 5.75 Å². The first kappa shape index (κ1) is 14.4. The van der Waals surface area contributed by atoms with Crippen LogP contribution in [0, 0.1) is 0 Å². The molecule has 108 valence electrons. The molecule has 2 N–H and O–H groups in total. The average molecular weight is 277 g/mol. The second-order valence-corrected chi connectivity index (χ2v) is 5.05. The Morgan fingerprint density at radius 3 is 2.45 bits per heavy atom. The zero-order valence-electron chi connectivity index (χ0n) is 11.3.